The zero-order chi connectivity index (χ0) is 16.9. The Bertz CT molecular complexity index is 839. The molecule has 0 unspecified atom stereocenters. The lowest BCUT2D eigenvalue weighted by molar-refractivity contribution is -0.127. The standard InChI is InChI=1S/C18H19N3O2S/c1-3-10-21-16-9-5-4-8-15(16)19-18(21)24-13-17(22)20(2)12-14-7-6-11-23-14/h3-9,11H,1,10,12-13H2,2H3. The molecule has 3 aromatic rings. The number of fused-ring (bicyclic) bond motifs is 1. The number of thioether (sulfide) groups is 1. The number of imidazole rings is 1. The van der Waals surface area contributed by atoms with Crippen LogP contribution in [0.1, 0.15) is 5.76 Å². The number of para-hydroxylation sites is 2. The lowest BCUT2D eigenvalue weighted by Gasteiger charge is -2.15. The molecule has 0 bridgehead atoms. The van der Waals surface area contributed by atoms with Gasteiger partial charge in [0, 0.05) is 13.6 Å². The number of carbonyl (C=O) groups is 1. The molecule has 1 amide bonds. The second-order valence-corrected chi connectivity index (χ2v) is 6.34. The van der Waals surface area contributed by atoms with Crippen LogP contribution in [0.4, 0.5) is 0 Å². The molecular weight excluding hydrogens is 322 g/mol. The van der Waals surface area contributed by atoms with Crippen molar-refractivity contribution in [3.05, 3.63) is 61.1 Å². The Morgan fingerprint density at radius 2 is 2.21 bits per heavy atom. The van der Waals surface area contributed by atoms with Crippen LogP contribution in [-0.4, -0.2) is 33.2 Å². The van der Waals surface area contributed by atoms with Crippen LogP contribution < -0.4 is 0 Å². The molecule has 124 valence electrons. The van der Waals surface area contributed by atoms with Gasteiger partial charge in [-0.15, -0.1) is 6.58 Å². The first-order valence-corrected chi connectivity index (χ1v) is 8.63. The van der Waals surface area contributed by atoms with Crippen LogP contribution in [0.3, 0.4) is 0 Å². The van der Waals surface area contributed by atoms with E-state index in [2.05, 4.69) is 16.1 Å². The molecule has 0 atom stereocenters. The van der Waals surface area contributed by atoms with Crippen molar-refractivity contribution < 1.29 is 9.21 Å². The lowest BCUT2D eigenvalue weighted by atomic mass is 10.3. The highest BCUT2D eigenvalue weighted by Crippen LogP contribution is 2.24. The molecule has 6 heteroatoms. The molecule has 1 aromatic carbocycles. The minimum Gasteiger partial charge on any atom is -0.467 e. The largest absolute Gasteiger partial charge is 0.467 e. The summed E-state index contributed by atoms with van der Waals surface area (Å²) in [5, 5.41) is 0.829. The molecule has 0 aliphatic rings. The number of carbonyl (C=O) groups excluding carboxylic acids is 1. The smallest absolute Gasteiger partial charge is 0.233 e. The van der Waals surface area contributed by atoms with Crippen molar-refractivity contribution in [2.75, 3.05) is 12.8 Å². The summed E-state index contributed by atoms with van der Waals surface area (Å²) in [7, 11) is 1.78. The third kappa shape index (κ3) is 3.54. The van der Waals surface area contributed by atoms with E-state index in [-0.39, 0.29) is 5.91 Å². The molecule has 0 aliphatic heterocycles. The number of aromatic nitrogens is 2. The Labute approximate surface area is 145 Å². The summed E-state index contributed by atoms with van der Waals surface area (Å²) in [4.78, 5) is 18.6. The van der Waals surface area contributed by atoms with Crippen molar-refractivity contribution in [1.82, 2.24) is 14.5 Å². The molecule has 0 radical (unpaired) electrons. The van der Waals surface area contributed by atoms with Gasteiger partial charge >= 0.3 is 0 Å². The van der Waals surface area contributed by atoms with E-state index in [1.807, 2.05) is 42.5 Å². The van der Waals surface area contributed by atoms with E-state index in [1.165, 1.54) is 11.8 Å². The number of furan rings is 1. The van der Waals surface area contributed by atoms with E-state index in [0.717, 1.165) is 22.0 Å². The van der Waals surface area contributed by atoms with Gasteiger partial charge in [0.05, 0.1) is 29.6 Å². The van der Waals surface area contributed by atoms with Crippen molar-refractivity contribution in [2.24, 2.45) is 0 Å². The van der Waals surface area contributed by atoms with Gasteiger partial charge in [-0.05, 0) is 24.3 Å². The summed E-state index contributed by atoms with van der Waals surface area (Å²) >= 11 is 1.44. The van der Waals surface area contributed by atoms with Crippen molar-refractivity contribution in [3.63, 3.8) is 0 Å². The van der Waals surface area contributed by atoms with Crippen LogP contribution in [0, 0.1) is 0 Å². The van der Waals surface area contributed by atoms with Crippen LogP contribution in [0.15, 0.2) is 64.9 Å². The van der Waals surface area contributed by atoms with E-state index in [0.29, 0.717) is 18.8 Å². The number of hydrogen-bond acceptors (Lipinski definition) is 4. The maximum absolute atomic E-state index is 12.3. The number of hydrogen-bond donors (Lipinski definition) is 0. The van der Waals surface area contributed by atoms with Crippen LogP contribution in [0.5, 0.6) is 0 Å². The Balaban J connectivity index is 1.69. The maximum Gasteiger partial charge on any atom is 0.233 e. The minimum atomic E-state index is 0.0357. The van der Waals surface area contributed by atoms with Gasteiger partial charge in [-0.2, -0.15) is 0 Å². The average Bonchev–Trinajstić information content (AvgIpc) is 3.21. The Morgan fingerprint density at radius 3 is 2.96 bits per heavy atom. The third-order valence-corrected chi connectivity index (χ3v) is 4.62. The molecule has 5 nitrogen and oxygen atoms in total. The molecule has 0 saturated carbocycles. The molecule has 2 heterocycles. The highest BCUT2D eigenvalue weighted by Gasteiger charge is 2.15. The fourth-order valence-electron chi connectivity index (χ4n) is 2.43. The number of rotatable bonds is 7. The van der Waals surface area contributed by atoms with E-state index in [9.17, 15) is 4.79 Å². The summed E-state index contributed by atoms with van der Waals surface area (Å²) in [6, 6.07) is 11.6. The zero-order valence-electron chi connectivity index (χ0n) is 13.5. The molecular formula is C18H19N3O2S. The molecule has 0 spiro atoms. The highest BCUT2D eigenvalue weighted by molar-refractivity contribution is 7.99. The molecule has 24 heavy (non-hydrogen) atoms. The molecule has 3 rings (SSSR count). The molecule has 0 aliphatic carbocycles. The van der Waals surface area contributed by atoms with Gasteiger partial charge in [-0.3, -0.25) is 4.79 Å². The third-order valence-electron chi connectivity index (χ3n) is 3.65. The van der Waals surface area contributed by atoms with Crippen LogP contribution in [0.2, 0.25) is 0 Å². The fourth-order valence-corrected chi connectivity index (χ4v) is 3.39. The second-order valence-electron chi connectivity index (χ2n) is 5.40. The van der Waals surface area contributed by atoms with E-state index in [4.69, 9.17) is 4.42 Å². The van der Waals surface area contributed by atoms with Crippen molar-refractivity contribution in [3.8, 4) is 0 Å². The quantitative estimate of drug-likeness (QED) is 0.487. The number of benzene rings is 1. The van der Waals surface area contributed by atoms with Gasteiger partial charge in [-0.1, -0.05) is 30.0 Å². The van der Waals surface area contributed by atoms with Crippen molar-refractivity contribution >= 4 is 28.7 Å². The molecule has 0 N–H and O–H groups in total. The molecule has 0 saturated heterocycles. The summed E-state index contributed by atoms with van der Waals surface area (Å²) in [5.74, 6) is 1.14. The van der Waals surface area contributed by atoms with Gasteiger partial charge in [0.25, 0.3) is 0 Å². The fraction of sp³-hybridized carbons (Fsp3) is 0.222. The monoisotopic (exact) mass is 341 g/mol. The summed E-state index contributed by atoms with van der Waals surface area (Å²) in [6.07, 6.45) is 3.45. The van der Waals surface area contributed by atoms with Crippen LogP contribution >= 0.6 is 11.8 Å². The topological polar surface area (TPSA) is 51.3 Å². The first kappa shape index (κ1) is 16.4. The van der Waals surface area contributed by atoms with Crippen molar-refractivity contribution in [1.29, 1.82) is 0 Å². The number of allylic oxidation sites excluding steroid dienone is 1. The van der Waals surface area contributed by atoms with Crippen LogP contribution in [-0.2, 0) is 17.9 Å². The first-order chi connectivity index (χ1) is 11.7. The highest BCUT2D eigenvalue weighted by atomic mass is 32.2. The predicted molar refractivity (Wildman–Crippen MR) is 95.8 cm³/mol. The van der Waals surface area contributed by atoms with E-state index < -0.39 is 0 Å². The van der Waals surface area contributed by atoms with E-state index >= 15 is 0 Å². The van der Waals surface area contributed by atoms with E-state index in [1.54, 1.807) is 18.2 Å². The summed E-state index contributed by atoms with van der Waals surface area (Å²) in [5.41, 5.74) is 1.98. The zero-order valence-corrected chi connectivity index (χ0v) is 14.3. The first-order valence-electron chi connectivity index (χ1n) is 7.64. The molecule has 0 fully saturated rings. The maximum atomic E-state index is 12.3. The Kier molecular flexibility index (Phi) is 5.05. The van der Waals surface area contributed by atoms with Gasteiger partial charge < -0.3 is 13.9 Å². The van der Waals surface area contributed by atoms with Gasteiger partial charge in [0.1, 0.15) is 5.76 Å². The number of nitrogens with zero attached hydrogens (tertiary/aromatic N) is 3. The Hall–Kier alpha value is -2.47. The average molecular weight is 341 g/mol. The van der Waals surface area contributed by atoms with Gasteiger partial charge in [0.2, 0.25) is 5.91 Å². The lowest BCUT2D eigenvalue weighted by Crippen LogP contribution is -2.27. The summed E-state index contributed by atoms with van der Waals surface area (Å²) in [6.45, 7) is 4.94. The van der Waals surface area contributed by atoms with Gasteiger partial charge in [-0.25, -0.2) is 4.98 Å². The second kappa shape index (κ2) is 7.40. The van der Waals surface area contributed by atoms with Crippen molar-refractivity contribution in [2.45, 2.75) is 18.2 Å². The normalized spacial score (nSPS) is 10.9. The predicted octanol–water partition coefficient (Wildman–Crippen LogP) is 3.57. The SMILES string of the molecule is C=CCn1c(SCC(=O)N(C)Cc2ccco2)nc2ccccc21. The molecule has 2 aromatic heterocycles. The minimum absolute atomic E-state index is 0.0357. The van der Waals surface area contributed by atoms with Gasteiger partial charge in [0.15, 0.2) is 5.16 Å². The van der Waals surface area contributed by atoms with Crippen LogP contribution in [0.25, 0.3) is 11.0 Å². The Morgan fingerprint density at radius 1 is 1.38 bits per heavy atom. The number of amides is 1. The summed E-state index contributed by atoms with van der Waals surface area (Å²) < 4.78 is 7.36.